The molecule has 7 heteroatoms. The Labute approximate surface area is 136 Å². The van der Waals surface area contributed by atoms with Crippen molar-refractivity contribution in [3.63, 3.8) is 0 Å². The standard InChI is InChI=1S/C15H31N2O4P/c1-6-18-10-11-19-12-13-21-22(20-9-7-8-16)17(14(2)3)15(4)5/h14-15H,6-7,9-13H2,1-5H3. The SMILES string of the molecule is CCOCCOCCOP(OCCC#N)N(C(C)C)C(C)C. The van der Waals surface area contributed by atoms with Crippen molar-refractivity contribution in [3.05, 3.63) is 0 Å². The van der Waals surface area contributed by atoms with Crippen molar-refractivity contribution < 1.29 is 18.5 Å². The van der Waals surface area contributed by atoms with E-state index in [0.29, 0.717) is 58.1 Å². The Morgan fingerprint density at radius 1 is 0.909 bits per heavy atom. The minimum absolute atomic E-state index is 0.312. The van der Waals surface area contributed by atoms with Crippen LogP contribution < -0.4 is 0 Å². The Morgan fingerprint density at radius 3 is 2.00 bits per heavy atom. The molecule has 0 bridgehead atoms. The molecule has 0 amide bonds. The molecule has 0 N–H and O–H groups in total. The average Bonchev–Trinajstić information content (AvgIpc) is 2.45. The second kappa shape index (κ2) is 14.3. The highest BCUT2D eigenvalue weighted by molar-refractivity contribution is 7.44. The molecule has 0 heterocycles. The smallest absolute Gasteiger partial charge is 0.259 e. The van der Waals surface area contributed by atoms with Gasteiger partial charge in [0.1, 0.15) is 0 Å². The molecule has 0 aliphatic rings. The summed E-state index contributed by atoms with van der Waals surface area (Å²) in [6, 6.07) is 2.71. The third-order valence-electron chi connectivity index (χ3n) is 2.67. The van der Waals surface area contributed by atoms with Gasteiger partial charge >= 0.3 is 0 Å². The molecule has 130 valence electrons. The van der Waals surface area contributed by atoms with Gasteiger partial charge in [0, 0.05) is 18.7 Å². The van der Waals surface area contributed by atoms with Crippen molar-refractivity contribution in [1.29, 1.82) is 5.26 Å². The lowest BCUT2D eigenvalue weighted by Crippen LogP contribution is -2.34. The van der Waals surface area contributed by atoms with E-state index in [4.69, 9.17) is 23.8 Å². The summed E-state index contributed by atoms with van der Waals surface area (Å²) in [5, 5.41) is 8.64. The monoisotopic (exact) mass is 334 g/mol. The third kappa shape index (κ3) is 10.4. The van der Waals surface area contributed by atoms with Crippen molar-refractivity contribution in [3.8, 4) is 6.07 Å². The van der Waals surface area contributed by atoms with Crippen molar-refractivity contribution >= 4 is 8.53 Å². The van der Waals surface area contributed by atoms with E-state index >= 15 is 0 Å². The summed E-state index contributed by atoms with van der Waals surface area (Å²) in [4.78, 5) is 0. The quantitative estimate of drug-likeness (QED) is 0.359. The van der Waals surface area contributed by atoms with Crippen molar-refractivity contribution in [1.82, 2.24) is 4.67 Å². The maximum absolute atomic E-state index is 8.64. The molecule has 0 aromatic heterocycles. The van der Waals surface area contributed by atoms with Gasteiger partial charge in [-0.2, -0.15) is 5.26 Å². The Hall–Kier alpha value is -0.280. The van der Waals surface area contributed by atoms with Crippen LogP contribution in [-0.2, 0) is 18.5 Å². The van der Waals surface area contributed by atoms with Crippen LogP contribution >= 0.6 is 8.53 Å². The van der Waals surface area contributed by atoms with Crippen LogP contribution in [0.3, 0.4) is 0 Å². The number of ether oxygens (including phenoxy) is 2. The summed E-state index contributed by atoms with van der Waals surface area (Å²) in [6.45, 7) is 13.7. The number of nitrogens with zero attached hydrogens (tertiary/aromatic N) is 2. The Bertz CT molecular complexity index is 290. The fraction of sp³-hybridized carbons (Fsp3) is 0.933. The molecule has 1 atom stereocenters. The summed E-state index contributed by atoms with van der Waals surface area (Å²) < 4.78 is 24.5. The molecule has 0 fully saturated rings. The van der Waals surface area contributed by atoms with Crippen LogP contribution in [0.4, 0.5) is 0 Å². The van der Waals surface area contributed by atoms with Gasteiger partial charge in [0.05, 0.1) is 45.5 Å². The fourth-order valence-corrected chi connectivity index (χ4v) is 3.43. The van der Waals surface area contributed by atoms with Gasteiger partial charge in [-0.15, -0.1) is 0 Å². The van der Waals surface area contributed by atoms with Crippen molar-refractivity contribution in [2.75, 3.05) is 39.6 Å². The van der Waals surface area contributed by atoms with Gasteiger partial charge in [-0.3, -0.25) is 0 Å². The number of rotatable bonds is 14. The van der Waals surface area contributed by atoms with Crippen LogP contribution in [0.5, 0.6) is 0 Å². The van der Waals surface area contributed by atoms with E-state index in [9.17, 15) is 0 Å². The Balaban J connectivity index is 4.20. The summed E-state index contributed by atoms with van der Waals surface area (Å²) in [7, 11) is -1.17. The van der Waals surface area contributed by atoms with E-state index in [-0.39, 0.29) is 0 Å². The molecular weight excluding hydrogens is 303 g/mol. The lowest BCUT2D eigenvalue weighted by Gasteiger charge is -2.35. The summed E-state index contributed by atoms with van der Waals surface area (Å²) in [5.41, 5.74) is 0. The first-order valence-electron chi connectivity index (χ1n) is 7.91. The number of nitriles is 1. The minimum Gasteiger partial charge on any atom is -0.379 e. The summed E-state index contributed by atoms with van der Waals surface area (Å²) in [5.74, 6) is 0. The zero-order chi connectivity index (χ0) is 16.8. The normalized spacial score (nSPS) is 13.0. The fourth-order valence-electron chi connectivity index (χ4n) is 1.85. The van der Waals surface area contributed by atoms with Gasteiger partial charge in [0.25, 0.3) is 8.53 Å². The predicted molar refractivity (Wildman–Crippen MR) is 88.5 cm³/mol. The minimum atomic E-state index is -1.17. The van der Waals surface area contributed by atoms with E-state index in [1.165, 1.54) is 0 Å². The van der Waals surface area contributed by atoms with E-state index in [1.807, 2.05) is 6.92 Å². The van der Waals surface area contributed by atoms with E-state index in [2.05, 4.69) is 38.4 Å². The Kier molecular flexibility index (Phi) is 14.1. The van der Waals surface area contributed by atoms with Crippen LogP contribution in [0.1, 0.15) is 41.0 Å². The molecule has 0 aromatic rings. The first-order valence-corrected chi connectivity index (χ1v) is 9.04. The van der Waals surface area contributed by atoms with Gasteiger partial charge < -0.3 is 18.5 Å². The van der Waals surface area contributed by atoms with Gasteiger partial charge in [-0.25, -0.2) is 4.67 Å². The zero-order valence-electron chi connectivity index (χ0n) is 14.6. The third-order valence-corrected chi connectivity index (χ3v) is 4.78. The largest absolute Gasteiger partial charge is 0.379 e. The number of hydrogen-bond donors (Lipinski definition) is 0. The highest BCUT2D eigenvalue weighted by Gasteiger charge is 2.26. The molecule has 0 saturated carbocycles. The molecule has 0 rings (SSSR count). The van der Waals surface area contributed by atoms with Gasteiger partial charge in [-0.1, -0.05) is 0 Å². The maximum Gasteiger partial charge on any atom is 0.259 e. The molecule has 0 radical (unpaired) electrons. The number of hydrogen-bond acceptors (Lipinski definition) is 6. The van der Waals surface area contributed by atoms with Crippen LogP contribution in [-0.4, -0.2) is 56.4 Å². The molecule has 22 heavy (non-hydrogen) atoms. The zero-order valence-corrected chi connectivity index (χ0v) is 15.5. The van der Waals surface area contributed by atoms with Crippen molar-refractivity contribution in [2.24, 2.45) is 0 Å². The van der Waals surface area contributed by atoms with E-state index in [0.717, 1.165) is 0 Å². The van der Waals surface area contributed by atoms with Crippen LogP contribution in [0.15, 0.2) is 0 Å². The summed E-state index contributed by atoms with van der Waals surface area (Å²) in [6.07, 6.45) is 0.372. The first-order chi connectivity index (χ1) is 10.5. The lowest BCUT2D eigenvalue weighted by molar-refractivity contribution is 0.0373. The lowest BCUT2D eigenvalue weighted by atomic mass is 10.3. The molecule has 0 aliphatic carbocycles. The predicted octanol–water partition coefficient (Wildman–Crippen LogP) is 3.33. The second-order valence-electron chi connectivity index (χ2n) is 5.19. The maximum atomic E-state index is 8.64. The Morgan fingerprint density at radius 2 is 1.45 bits per heavy atom. The molecule has 0 aliphatic heterocycles. The van der Waals surface area contributed by atoms with Crippen LogP contribution in [0.2, 0.25) is 0 Å². The van der Waals surface area contributed by atoms with Crippen LogP contribution in [0.25, 0.3) is 0 Å². The highest BCUT2D eigenvalue weighted by atomic mass is 31.2. The first kappa shape index (κ1) is 21.7. The summed E-state index contributed by atoms with van der Waals surface area (Å²) >= 11 is 0. The molecule has 6 nitrogen and oxygen atoms in total. The van der Waals surface area contributed by atoms with Gasteiger partial charge in [0.2, 0.25) is 0 Å². The highest BCUT2D eigenvalue weighted by Crippen LogP contribution is 2.45. The van der Waals surface area contributed by atoms with Crippen molar-refractivity contribution in [2.45, 2.75) is 53.1 Å². The van der Waals surface area contributed by atoms with Gasteiger partial charge in [0.15, 0.2) is 0 Å². The molecule has 0 spiro atoms. The molecule has 0 saturated heterocycles. The molecular formula is C15H31N2O4P. The van der Waals surface area contributed by atoms with Crippen LogP contribution in [0, 0.1) is 11.3 Å². The molecule has 1 unspecified atom stereocenters. The van der Waals surface area contributed by atoms with Gasteiger partial charge in [-0.05, 0) is 34.6 Å². The van der Waals surface area contributed by atoms with E-state index < -0.39 is 8.53 Å². The second-order valence-corrected chi connectivity index (χ2v) is 6.64. The van der Waals surface area contributed by atoms with E-state index in [1.54, 1.807) is 0 Å². The average molecular weight is 334 g/mol. The molecule has 0 aromatic carbocycles. The topological polar surface area (TPSA) is 64.0 Å².